The van der Waals surface area contributed by atoms with Crippen molar-refractivity contribution < 1.29 is 5.11 Å². The molecule has 1 aromatic carbocycles. The van der Waals surface area contributed by atoms with Crippen molar-refractivity contribution in [2.45, 2.75) is 31.5 Å². The van der Waals surface area contributed by atoms with Crippen LogP contribution in [0.15, 0.2) is 42.7 Å². The molecule has 3 atom stereocenters. The number of rotatable bonds is 3. The Morgan fingerprint density at radius 3 is 2.74 bits per heavy atom. The first kappa shape index (κ1) is 12.4. The van der Waals surface area contributed by atoms with E-state index in [4.69, 9.17) is 5.73 Å². The number of hydrogen-bond acceptors (Lipinski definition) is 3. The van der Waals surface area contributed by atoms with Crippen LogP contribution in [0.3, 0.4) is 0 Å². The van der Waals surface area contributed by atoms with E-state index in [1.54, 1.807) is 0 Å². The summed E-state index contributed by atoms with van der Waals surface area (Å²) in [6.45, 7) is 0.870. The van der Waals surface area contributed by atoms with Gasteiger partial charge < -0.3 is 15.4 Å². The van der Waals surface area contributed by atoms with Crippen LogP contribution in [0.1, 0.15) is 12.8 Å². The summed E-state index contributed by atoms with van der Waals surface area (Å²) in [5, 5.41) is 9.73. The zero-order valence-corrected chi connectivity index (χ0v) is 10.8. The lowest BCUT2D eigenvalue weighted by Crippen LogP contribution is -2.28. The van der Waals surface area contributed by atoms with Gasteiger partial charge >= 0.3 is 0 Å². The molecule has 0 amide bonds. The summed E-state index contributed by atoms with van der Waals surface area (Å²) in [5.41, 5.74) is 6.99. The highest BCUT2D eigenvalue weighted by molar-refractivity contribution is 5.55. The van der Waals surface area contributed by atoms with Gasteiger partial charge in [0.2, 0.25) is 0 Å². The average molecular weight is 257 g/mol. The first-order valence-electron chi connectivity index (χ1n) is 6.74. The monoisotopic (exact) mass is 257 g/mol. The molecule has 0 saturated heterocycles. The van der Waals surface area contributed by atoms with Gasteiger partial charge in [-0.25, -0.2) is 4.98 Å². The molecule has 1 saturated carbocycles. The van der Waals surface area contributed by atoms with E-state index in [1.807, 2.05) is 30.6 Å². The highest BCUT2D eigenvalue weighted by Gasteiger charge is 2.30. The Bertz CT molecular complexity index is 527. The lowest BCUT2D eigenvalue weighted by atomic mass is 10.1. The molecule has 4 nitrogen and oxygen atoms in total. The van der Waals surface area contributed by atoms with E-state index in [0.717, 1.165) is 30.8 Å². The Hall–Kier alpha value is -1.65. The third-order valence-electron chi connectivity index (χ3n) is 3.88. The number of aliphatic hydroxyl groups excluding tert-OH is 1. The molecule has 2 aromatic rings. The Morgan fingerprint density at radius 2 is 2.05 bits per heavy atom. The van der Waals surface area contributed by atoms with Gasteiger partial charge in [0.15, 0.2) is 0 Å². The Kier molecular flexibility index (Phi) is 3.36. The van der Waals surface area contributed by atoms with E-state index in [2.05, 4.69) is 21.7 Å². The van der Waals surface area contributed by atoms with Crippen LogP contribution in [0.25, 0.3) is 11.4 Å². The third kappa shape index (κ3) is 2.55. The van der Waals surface area contributed by atoms with E-state index >= 15 is 0 Å². The van der Waals surface area contributed by atoms with E-state index in [1.165, 1.54) is 0 Å². The maximum atomic E-state index is 9.73. The maximum Gasteiger partial charge on any atom is 0.139 e. The standard InChI is InChI=1S/C15H19N3O/c16-13-8-11(9-14(13)19)10-18-7-6-17-15(18)12-4-2-1-3-5-12/h1-7,11,13-14,19H,8-10,16H2. The SMILES string of the molecule is NC1CC(Cn2ccnc2-c2ccccc2)CC1O. The van der Waals surface area contributed by atoms with Crippen molar-refractivity contribution in [3.63, 3.8) is 0 Å². The van der Waals surface area contributed by atoms with Crippen molar-refractivity contribution in [1.82, 2.24) is 9.55 Å². The maximum absolute atomic E-state index is 9.73. The molecular weight excluding hydrogens is 238 g/mol. The van der Waals surface area contributed by atoms with Gasteiger partial charge in [-0.05, 0) is 18.8 Å². The molecule has 3 unspecified atom stereocenters. The third-order valence-corrected chi connectivity index (χ3v) is 3.88. The molecule has 1 aromatic heterocycles. The van der Waals surface area contributed by atoms with Gasteiger partial charge in [0.25, 0.3) is 0 Å². The van der Waals surface area contributed by atoms with Gasteiger partial charge in [0.05, 0.1) is 6.10 Å². The number of aromatic nitrogens is 2. The molecule has 1 fully saturated rings. The number of imidazole rings is 1. The molecular formula is C15H19N3O. The average Bonchev–Trinajstić information content (AvgIpc) is 2.99. The molecule has 100 valence electrons. The minimum absolute atomic E-state index is 0.0753. The van der Waals surface area contributed by atoms with E-state index < -0.39 is 0 Å². The van der Waals surface area contributed by atoms with Crippen molar-refractivity contribution in [3.8, 4) is 11.4 Å². The second-order valence-corrected chi connectivity index (χ2v) is 5.34. The topological polar surface area (TPSA) is 64.1 Å². The second kappa shape index (κ2) is 5.15. The lowest BCUT2D eigenvalue weighted by molar-refractivity contribution is 0.160. The predicted molar refractivity (Wildman–Crippen MR) is 74.4 cm³/mol. The van der Waals surface area contributed by atoms with Crippen LogP contribution >= 0.6 is 0 Å². The minimum atomic E-state index is -0.353. The number of hydrogen-bond donors (Lipinski definition) is 2. The smallest absolute Gasteiger partial charge is 0.139 e. The highest BCUT2D eigenvalue weighted by Crippen LogP contribution is 2.28. The Labute approximate surface area is 112 Å². The molecule has 3 N–H and O–H groups in total. The number of nitrogens with two attached hydrogens (primary N) is 1. The summed E-state index contributed by atoms with van der Waals surface area (Å²) < 4.78 is 2.16. The molecule has 1 heterocycles. The van der Waals surface area contributed by atoms with E-state index in [0.29, 0.717) is 5.92 Å². The molecule has 1 aliphatic rings. The van der Waals surface area contributed by atoms with Crippen LogP contribution < -0.4 is 5.73 Å². The molecule has 0 spiro atoms. The molecule has 0 aliphatic heterocycles. The van der Waals surface area contributed by atoms with E-state index in [9.17, 15) is 5.11 Å². The van der Waals surface area contributed by atoms with Crippen molar-refractivity contribution in [1.29, 1.82) is 0 Å². The summed E-state index contributed by atoms with van der Waals surface area (Å²) in [6, 6.07) is 10.1. The summed E-state index contributed by atoms with van der Waals surface area (Å²) in [6.07, 6.45) is 5.14. The molecule has 4 heteroatoms. The fourth-order valence-corrected chi connectivity index (χ4v) is 2.89. The van der Waals surface area contributed by atoms with Crippen LogP contribution in [0, 0.1) is 5.92 Å². The number of aliphatic hydroxyl groups is 1. The summed E-state index contributed by atoms with van der Waals surface area (Å²) in [7, 11) is 0. The largest absolute Gasteiger partial charge is 0.392 e. The van der Waals surface area contributed by atoms with Crippen LogP contribution in [-0.4, -0.2) is 26.8 Å². The van der Waals surface area contributed by atoms with Crippen molar-refractivity contribution in [2.24, 2.45) is 11.7 Å². The second-order valence-electron chi connectivity index (χ2n) is 5.34. The molecule has 1 aliphatic carbocycles. The van der Waals surface area contributed by atoms with Crippen LogP contribution in [-0.2, 0) is 6.54 Å². The van der Waals surface area contributed by atoms with Gasteiger partial charge in [-0.2, -0.15) is 0 Å². The zero-order chi connectivity index (χ0) is 13.2. The van der Waals surface area contributed by atoms with Crippen molar-refractivity contribution in [2.75, 3.05) is 0 Å². The zero-order valence-electron chi connectivity index (χ0n) is 10.8. The Balaban J connectivity index is 1.78. The fraction of sp³-hybridized carbons (Fsp3) is 0.400. The number of benzene rings is 1. The fourth-order valence-electron chi connectivity index (χ4n) is 2.89. The minimum Gasteiger partial charge on any atom is -0.392 e. The summed E-state index contributed by atoms with van der Waals surface area (Å²) in [5.74, 6) is 1.41. The summed E-state index contributed by atoms with van der Waals surface area (Å²) >= 11 is 0. The van der Waals surface area contributed by atoms with Gasteiger partial charge in [-0.1, -0.05) is 30.3 Å². The lowest BCUT2D eigenvalue weighted by Gasteiger charge is -2.13. The summed E-state index contributed by atoms with van der Waals surface area (Å²) in [4.78, 5) is 4.44. The van der Waals surface area contributed by atoms with Crippen LogP contribution in [0.4, 0.5) is 0 Å². The van der Waals surface area contributed by atoms with Gasteiger partial charge in [0, 0.05) is 30.5 Å². The first-order valence-corrected chi connectivity index (χ1v) is 6.74. The molecule has 0 radical (unpaired) electrons. The molecule has 0 bridgehead atoms. The first-order chi connectivity index (χ1) is 9.24. The Morgan fingerprint density at radius 1 is 1.26 bits per heavy atom. The van der Waals surface area contributed by atoms with Gasteiger partial charge in [0.1, 0.15) is 5.82 Å². The molecule has 19 heavy (non-hydrogen) atoms. The highest BCUT2D eigenvalue weighted by atomic mass is 16.3. The van der Waals surface area contributed by atoms with Crippen LogP contribution in [0.5, 0.6) is 0 Å². The normalized spacial score (nSPS) is 26.7. The van der Waals surface area contributed by atoms with Crippen LogP contribution in [0.2, 0.25) is 0 Å². The quantitative estimate of drug-likeness (QED) is 0.878. The van der Waals surface area contributed by atoms with Crippen molar-refractivity contribution >= 4 is 0 Å². The van der Waals surface area contributed by atoms with Crippen molar-refractivity contribution in [3.05, 3.63) is 42.7 Å². The number of nitrogens with zero attached hydrogens (tertiary/aromatic N) is 2. The van der Waals surface area contributed by atoms with E-state index in [-0.39, 0.29) is 12.1 Å². The molecule has 3 rings (SSSR count). The predicted octanol–water partition coefficient (Wildman–Crippen LogP) is 1.65. The van der Waals surface area contributed by atoms with Gasteiger partial charge in [-0.3, -0.25) is 0 Å². The van der Waals surface area contributed by atoms with Gasteiger partial charge in [-0.15, -0.1) is 0 Å².